The van der Waals surface area contributed by atoms with Gasteiger partial charge in [-0.1, -0.05) is 12.8 Å². The van der Waals surface area contributed by atoms with E-state index in [-0.39, 0.29) is 52.8 Å². The minimum Gasteiger partial charge on any atom is -1.00 e. The van der Waals surface area contributed by atoms with Crippen molar-refractivity contribution < 1.29 is 72.6 Å². The third-order valence-electron chi connectivity index (χ3n) is 2.99. The minimum atomic E-state index is -1.07. The van der Waals surface area contributed by atoms with Crippen molar-refractivity contribution in [3.8, 4) is 0 Å². The topological polar surface area (TPSA) is 74.6 Å². The first-order valence-corrected chi connectivity index (χ1v) is 4.44. The predicted molar refractivity (Wildman–Crippen MR) is 46.4 cm³/mol. The van der Waals surface area contributed by atoms with Crippen molar-refractivity contribution in [2.45, 2.75) is 32.6 Å². The quantitative estimate of drug-likeness (QED) is 0.560. The maximum atomic E-state index is 10.9. The van der Waals surface area contributed by atoms with E-state index in [0.29, 0.717) is 12.8 Å². The summed E-state index contributed by atoms with van der Waals surface area (Å²) in [7, 11) is 0. The second-order valence-corrected chi connectivity index (χ2v) is 3.86. The van der Waals surface area contributed by atoms with Crippen molar-refractivity contribution in [1.82, 2.24) is 0 Å². The second-order valence-electron chi connectivity index (χ2n) is 3.86. The van der Waals surface area contributed by atoms with E-state index in [1.165, 1.54) is 6.92 Å². The standard InChI is InChI=1S/C9H14O4.K.H/c1-9(8(12)13)5-3-2-4-6(9)7(10)11;;/h6H,2-5H2,1H3,(H,10,11)(H,12,13);;/q;+1;-1. The van der Waals surface area contributed by atoms with Gasteiger partial charge in [-0.05, 0) is 19.8 Å². The zero-order chi connectivity index (χ0) is 10.1. The molecule has 76 valence electrons. The third kappa shape index (κ3) is 2.79. The number of hydrogen-bond donors (Lipinski definition) is 2. The Kier molecular flexibility index (Phi) is 5.83. The summed E-state index contributed by atoms with van der Waals surface area (Å²) < 4.78 is 0. The number of rotatable bonds is 2. The fraction of sp³-hybridized carbons (Fsp3) is 0.778. The van der Waals surface area contributed by atoms with Gasteiger partial charge in [0.2, 0.25) is 0 Å². The van der Waals surface area contributed by atoms with Crippen LogP contribution in [0.5, 0.6) is 0 Å². The molecule has 0 amide bonds. The normalized spacial score (nSPS) is 31.6. The van der Waals surface area contributed by atoms with Crippen LogP contribution in [0.1, 0.15) is 34.0 Å². The zero-order valence-corrected chi connectivity index (χ0v) is 11.7. The summed E-state index contributed by atoms with van der Waals surface area (Å²) in [6.07, 6.45) is 2.59. The molecule has 2 atom stereocenters. The van der Waals surface area contributed by atoms with E-state index < -0.39 is 23.3 Å². The van der Waals surface area contributed by atoms with E-state index in [9.17, 15) is 9.59 Å². The summed E-state index contributed by atoms with van der Waals surface area (Å²) in [5.74, 6) is -2.69. The van der Waals surface area contributed by atoms with Crippen LogP contribution in [0.2, 0.25) is 0 Å². The van der Waals surface area contributed by atoms with Crippen LogP contribution < -0.4 is 51.4 Å². The summed E-state index contributed by atoms with van der Waals surface area (Å²) in [6.45, 7) is 1.54. The first-order chi connectivity index (χ1) is 5.98. The molecule has 0 aromatic rings. The van der Waals surface area contributed by atoms with Crippen molar-refractivity contribution in [2.75, 3.05) is 0 Å². The predicted octanol–water partition coefficient (Wildman–Crippen LogP) is -1.53. The summed E-state index contributed by atoms with van der Waals surface area (Å²) in [4.78, 5) is 21.7. The van der Waals surface area contributed by atoms with Crippen molar-refractivity contribution in [3.63, 3.8) is 0 Å². The van der Waals surface area contributed by atoms with Crippen LogP contribution in [0.3, 0.4) is 0 Å². The molecule has 4 nitrogen and oxygen atoms in total. The molecule has 0 saturated heterocycles. The van der Waals surface area contributed by atoms with Crippen LogP contribution in [0.25, 0.3) is 0 Å². The summed E-state index contributed by atoms with van der Waals surface area (Å²) in [5, 5.41) is 17.8. The molecular weight excluding hydrogens is 211 g/mol. The first-order valence-electron chi connectivity index (χ1n) is 4.44. The van der Waals surface area contributed by atoms with Gasteiger partial charge in [0.1, 0.15) is 0 Å². The van der Waals surface area contributed by atoms with E-state index in [1.807, 2.05) is 0 Å². The zero-order valence-electron chi connectivity index (χ0n) is 9.62. The monoisotopic (exact) mass is 226 g/mol. The van der Waals surface area contributed by atoms with Gasteiger partial charge in [-0.3, -0.25) is 9.59 Å². The fourth-order valence-electron chi connectivity index (χ4n) is 1.99. The molecule has 0 bridgehead atoms. The molecule has 5 heteroatoms. The van der Waals surface area contributed by atoms with E-state index in [1.54, 1.807) is 0 Å². The largest absolute Gasteiger partial charge is 1.00 e. The van der Waals surface area contributed by atoms with E-state index in [4.69, 9.17) is 10.2 Å². The number of hydrogen-bond acceptors (Lipinski definition) is 2. The van der Waals surface area contributed by atoms with Crippen LogP contribution in [-0.2, 0) is 9.59 Å². The van der Waals surface area contributed by atoms with Gasteiger partial charge in [0.25, 0.3) is 0 Å². The fourth-order valence-corrected chi connectivity index (χ4v) is 1.99. The molecule has 1 fully saturated rings. The Labute approximate surface area is 127 Å². The average molecular weight is 226 g/mol. The van der Waals surface area contributed by atoms with Gasteiger partial charge in [-0.15, -0.1) is 0 Å². The molecule has 0 spiro atoms. The summed E-state index contributed by atoms with van der Waals surface area (Å²) in [5.41, 5.74) is -1.07. The molecule has 1 rings (SSSR count). The van der Waals surface area contributed by atoms with Crippen LogP contribution in [0.4, 0.5) is 0 Å². The average Bonchev–Trinajstić information content (AvgIpc) is 2.04. The van der Waals surface area contributed by atoms with Crippen LogP contribution in [-0.4, -0.2) is 22.2 Å². The summed E-state index contributed by atoms with van der Waals surface area (Å²) >= 11 is 0. The molecule has 2 unspecified atom stereocenters. The van der Waals surface area contributed by atoms with Gasteiger partial charge < -0.3 is 11.6 Å². The van der Waals surface area contributed by atoms with Gasteiger partial charge in [-0.25, -0.2) is 0 Å². The molecule has 0 radical (unpaired) electrons. The Morgan fingerprint density at radius 1 is 1.36 bits per heavy atom. The molecule has 1 aliphatic carbocycles. The Balaban J connectivity index is 0. The SMILES string of the molecule is CC1(C(=O)O)CCCCC1C(=O)O.[H-].[K+]. The Morgan fingerprint density at radius 2 is 1.93 bits per heavy atom. The number of carbonyl (C=O) groups is 2. The first kappa shape index (κ1) is 14.6. The summed E-state index contributed by atoms with van der Waals surface area (Å²) in [6, 6.07) is 0. The molecule has 2 N–H and O–H groups in total. The molecule has 0 aromatic heterocycles. The second kappa shape index (κ2) is 5.60. The van der Waals surface area contributed by atoms with Crippen molar-refractivity contribution in [3.05, 3.63) is 0 Å². The minimum absolute atomic E-state index is 0. The Morgan fingerprint density at radius 3 is 2.29 bits per heavy atom. The number of aliphatic carboxylic acids is 2. The number of carboxylic acid groups (broad SMARTS) is 2. The van der Waals surface area contributed by atoms with Crippen LogP contribution in [0.15, 0.2) is 0 Å². The molecule has 0 aliphatic heterocycles. The maximum absolute atomic E-state index is 10.9. The van der Waals surface area contributed by atoms with Gasteiger partial charge in [0.05, 0.1) is 11.3 Å². The Hall–Kier alpha value is 0.576. The van der Waals surface area contributed by atoms with Gasteiger partial charge in [0, 0.05) is 0 Å². The number of carboxylic acids is 2. The Bertz CT molecular complexity index is 246. The smallest absolute Gasteiger partial charge is 1.00 e. The molecule has 0 heterocycles. The molecule has 1 aliphatic rings. The van der Waals surface area contributed by atoms with E-state index in [0.717, 1.165) is 12.8 Å². The van der Waals surface area contributed by atoms with Crippen molar-refractivity contribution in [1.29, 1.82) is 0 Å². The van der Waals surface area contributed by atoms with E-state index in [2.05, 4.69) is 0 Å². The van der Waals surface area contributed by atoms with E-state index >= 15 is 0 Å². The van der Waals surface area contributed by atoms with Crippen LogP contribution in [0, 0.1) is 11.3 Å². The third-order valence-corrected chi connectivity index (χ3v) is 2.99. The van der Waals surface area contributed by atoms with Gasteiger partial charge in [0.15, 0.2) is 0 Å². The van der Waals surface area contributed by atoms with Gasteiger partial charge >= 0.3 is 63.3 Å². The molecule has 14 heavy (non-hydrogen) atoms. The molecule has 1 saturated carbocycles. The van der Waals surface area contributed by atoms with Crippen molar-refractivity contribution in [2.24, 2.45) is 11.3 Å². The van der Waals surface area contributed by atoms with Crippen molar-refractivity contribution >= 4 is 11.9 Å². The van der Waals surface area contributed by atoms with Crippen LogP contribution >= 0.6 is 0 Å². The van der Waals surface area contributed by atoms with Gasteiger partial charge in [-0.2, -0.15) is 0 Å². The molecular formula is C9H15KO4. The maximum Gasteiger partial charge on any atom is 1.00 e. The molecule has 0 aromatic carbocycles.